The van der Waals surface area contributed by atoms with E-state index < -0.39 is 5.97 Å². The molecule has 1 rings (SSSR count). The van der Waals surface area contributed by atoms with Crippen LogP contribution in [-0.4, -0.2) is 17.6 Å². The van der Waals surface area contributed by atoms with E-state index in [1.165, 1.54) is 11.3 Å². The molecule has 0 aliphatic rings. The molecule has 0 aliphatic carbocycles. The third-order valence-electron chi connectivity index (χ3n) is 1.77. The predicted octanol–water partition coefficient (Wildman–Crippen LogP) is 2.12. The minimum atomic E-state index is -0.864. The maximum Gasteiger partial charge on any atom is 0.345 e. The highest BCUT2D eigenvalue weighted by atomic mass is 32.1. The van der Waals surface area contributed by atoms with E-state index in [1.807, 2.05) is 19.1 Å². The smallest absolute Gasteiger partial charge is 0.345 e. The fraction of sp³-hybridized carbons (Fsp3) is 0.300. The topological polar surface area (TPSA) is 63.3 Å². The van der Waals surface area contributed by atoms with Gasteiger partial charge in [-0.3, -0.25) is 0 Å². The number of hydrogen-bond donors (Lipinski definition) is 2. The Morgan fingerprint density at radius 1 is 1.71 bits per heavy atom. The van der Waals surface area contributed by atoms with E-state index in [2.05, 4.69) is 0 Å². The first-order valence-corrected chi connectivity index (χ1v) is 5.17. The van der Waals surface area contributed by atoms with Crippen LogP contribution in [0.25, 0.3) is 6.08 Å². The molecular formula is C10H13NO2S. The molecule has 0 aromatic carbocycles. The molecule has 0 amide bonds. The minimum absolute atomic E-state index is 0.384. The average Bonchev–Trinajstić information content (AvgIpc) is 2.49. The summed E-state index contributed by atoms with van der Waals surface area (Å²) in [7, 11) is 0. The van der Waals surface area contributed by atoms with Crippen molar-refractivity contribution in [1.82, 2.24) is 0 Å². The highest BCUT2D eigenvalue weighted by Gasteiger charge is 2.08. The Labute approximate surface area is 86.9 Å². The molecule has 1 aromatic rings. The number of aryl methyl sites for hydroxylation is 1. The van der Waals surface area contributed by atoms with Gasteiger partial charge < -0.3 is 10.8 Å². The van der Waals surface area contributed by atoms with E-state index in [1.54, 1.807) is 6.07 Å². The maximum absolute atomic E-state index is 10.7. The van der Waals surface area contributed by atoms with Gasteiger partial charge >= 0.3 is 5.97 Å². The second-order valence-electron chi connectivity index (χ2n) is 2.94. The van der Waals surface area contributed by atoms with E-state index in [0.717, 1.165) is 16.9 Å². The van der Waals surface area contributed by atoms with Gasteiger partial charge in [0.05, 0.1) is 0 Å². The summed E-state index contributed by atoms with van der Waals surface area (Å²) >= 11 is 1.29. The van der Waals surface area contributed by atoms with E-state index in [4.69, 9.17) is 10.8 Å². The SMILES string of the molecule is Cc1cc(C(=O)O)sc1C=CCCN. The molecule has 0 bridgehead atoms. The summed E-state index contributed by atoms with van der Waals surface area (Å²) in [5, 5.41) is 8.76. The second kappa shape index (κ2) is 4.93. The van der Waals surface area contributed by atoms with Crippen molar-refractivity contribution in [3.05, 3.63) is 27.5 Å². The molecule has 14 heavy (non-hydrogen) atoms. The molecule has 0 atom stereocenters. The minimum Gasteiger partial charge on any atom is -0.477 e. The molecule has 0 saturated heterocycles. The zero-order valence-electron chi connectivity index (χ0n) is 7.99. The fourth-order valence-electron chi connectivity index (χ4n) is 1.05. The highest BCUT2D eigenvalue weighted by molar-refractivity contribution is 7.15. The molecule has 76 valence electrons. The number of nitrogens with two attached hydrogens (primary N) is 1. The fourth-order valence-corrected chi connectivity index (χ4v) is 2.00. The first-order valence-electron chi connectivity index (χ1n) is 4.35. The van der Waals surface area contributed by atoms with Gasteiger partial charge in [-0.05, 0) is 37.6 Å². The molecule has 1 aromatic heterocycles. The van der Waals surface area contributed by atoms with Crippen LogP contribution in [0.5, 0.6) is 0 Å². The van der Waals surface area contributed by atoms with Crippen LogP contribution in [0.4, 0.5) is 0 Å². The van der Waals surface area contributed by atoms with Crippen LogP contribution >= 0.6 is 11.3 Å². The highest BCUT2D eigenvalue weighted by Crippen LogP contribution is 2.23. The molecule has 0 fully saturated rings. The summed E-state index contributed by atoms with van der Waals surface area (Å²) in [6, 6.07) is 1.69. The van der Waals surface area contributed by atoms with Crippen LogP contribution in [0.1, 0.15) is 26.5 Å². The Balaban J connectivity index is 2.82. The van der Waals surface area contributed by atoms with Crippen LogP contribution in [0.2, 0.25) is 0 Å². The van der Waals surface area contributed by atoms with Crippen molar-refractivity contribution in [3.63, 3.8) is 0 Å². The zero-order chi connectivity index (χ0) is 10.6. The summed E-state index contributed by atoms with van der Waals surface area (Å²) in [5.74, 6) is -0.864. The van der Waals surface area contributed by atoms with Gasteiger partial charge in [-0.1, -0.05) is 6.08 Å². The molecule has 4 heteroatoms. The van der Waals surface area contributed by atoms with Gasteiger partial charge in [-0.15, -0.1) is 11.3 Å². The van der Waals surface area contributed by atoms with Crippen LogP contribution in [0, 0.1) is 6.92 Å². The second-order valence-corrected chi connectivity index (χ2v) is 4.03. The molecule has 0 saturated carbocycles. The maximum atomic E-state index is 10.7. The monoisotopic (exact) mass is 211 g/mol. The van der Waals surface area contributed by atoms with Gasteiger partial charge in [0, 0.05) is 4.88 Å². The van der Waals surface area contributed by atoms with Gasteiger partial charge in [0.15, 0.2) is 0 Å². The number of carboxylic acids is 1. The third-order valence-corrected chi connectivity index (χ3v) is 2.96. The number of carbonyl (C=O) groups is 1. The first-order chi connectivity index (χ1) is 6.65. The average molecular weight is 211 g/mol. The van der Waals surface area contributed by atoms with Crippen LogP contribution in [0.3, 0.4) is 0 Å². The molecule has 3 N–H and O–H groups in total. The lowest BCUT2D eigenvalue weighted by atomic mass is 10.2. The van der Waals surface area contributed by atoms with Crippen LogP contribution in [-0.2, 0) is 0 Å². The number of thiophene rings is 1. The quantitative estimate of drug-likeness (QED) is 0.801. The number of carboxylic acid groups (broad SMARTS) is 1. The van der Waals surface area contributed by atoms with Crippen LogP contribution < -0.4 is 5.73 Å². The predicted molar refractivity (Wildman–Crippen MR) is 58.7 cm³/mol. The lowest BCUT2D eigenvalue weighted by Crippen LogP contribution is -1.94. The van der Waals surface area contributed by atoms with Gasteiger partial charge in [0.2, 0.25) is 0 Å². The van der Waals surface area contributed by atoms with E-state index in [0.29, 0.717) is 11.4 Å². The first kappa shape index (κ1) is 10.9. The summed E-state index contributed by atoms with van der Waals surface area (Å²) in [6.07, 6.45) is 4.71. The Hall–Kier alpha value is -1.13. The summed E-state index contributed by atoms with van der Waals surface area (Å²) in [6.45, 7) is 2.53. The van der Waals surface area contributed by atoms with Crippen molar-refractivity contribution in [2.24, 2.45) is 5.73 Å². The molecule has 0 spiro atoms. The Kier molecular flexibility index (Phi) is 3.85. The lowest BCUT2D eigenvalue weighted by molar-refractivity contribution is 0.0702. The third kappa shape index (κ3) is 2.68. The molecular weight excluding hydrogens is 198 g/mol. The van der Waals surface area contributed by atoms with Crippen molar-refractivity contribution in [1.29, 1.82) is 0 Å². The normalized spacial score (nSPS) is 11.0. The van der Waals surface area contributed by atoms with E-state index in [9.17, 15) is 4.79 Å². The number of rotatable bonds is 4. The van der Waals surface area contributed by atoms with Gasteiger partial charge in [-0.2, -0.15) is 0 Å². The molecule has 0 aliphatic heterocycles. The van der Waals surface area contributed by atoms with Crippen molar-refractivity contribution < 1.29 is 9.90 Å². The van der Waals surface area contributed by atoms with Crippen molar-refractivity contribution in [3.8, 4) is 0 Å². The van der Waals surface area contributed by atoms with Crippen molar-refractivity contribution in [2.75, 3.05) is 6.54 Å². The van der Waals surface area contributed by atoms with Gasteiger partial charge in [0.1, 0.15) is 4.88 Å². The largest absolute Gasteiger partial charge is 0.477 e. The Morgan fingerprint density at radius 3 is 2.93 bits per heavy atom. The standard InChI is InChI=1S/C10H13NO2S/c1-7-6-9(10(12)13)14-8(7)4-2-3-5-11/h2,4,6H,3,5,11H2,1H3,(H,12,13). The van der Waals surface area contributed by atoms with Crippen molar-refractivity contribution >= 4 is 23.4 Å². The Morgan fingerprint density at radius 2 is 2.43 bits per heavy atom. The number of hydrogen-bond acceptors (Lipinski definition) is 3. The van der Waals surface area contributed by atoms with E-state index >= 15 is 0 Å². The van der Waals surface area contributed by atoms with Gasteiger partial charge in [-0.25, -0.2) is 4.79 Å². The molecule has 0 unspecified atom stereocenters. The molecule has 0 radical (unpaired) electrons. The summed E-state index contributed by atoms with van der Waals surface area (Å²) in [4.78, 5) is 12.0. The van der Waals surface area contributed by atoms with Gasteiger partial charge in [0.25, 0.3) is 0 Å². The Bertz CT molecular complexity index is 355. The van der Waals surface area contributed by atoms with Crippen molar-refractivity contribution in [2.45, 2.75) is 13.3 Å². The van der Waals surface area contributed by atoms with E-state index in [-0.39, 0.29) is 0 Å². The lowest BCUT2D eigenvalue weighted by Gasteiger charge is -1.88. The summed E-state index contributed by atoms with van der Waals surface area (Å²) < 4.78 is 0. The molecule has 3 nitrogen and oxygen atoms in total. The zero-order valence-corrected chi connectivity index (χ0v) is 8.80. The van der Waals surface area contributed by atoms with Crippen LogP contribution in [0.15, 0.2) is 12.1 Å². The summed E-state index contributed by atoms with van der Waals surface area (Å²) in [5.41, 5.74) is 6.34. The number of aromatic carboxylic acids is 1. The molecule has 1 heterocycles.